The summed E-state index contributed by atoms with van der Waals surface area (Å²) in [6.45, 7) is 0. The van der Waals surface area contributed by atoms with Crippen LogP contribution in [-0.4, -0.2) is 29.6 Å². The standard InChI is InChI=1S/C32H25N3O6/c1-41-27-12-7-8-22(20-27)14-19-30(36)23-15-17-26(18-16-23)33-32(38)28(34-31(37)24-9-3-2-4-10-24)21-25-11-5-6-13-29(25)35(39)40/h2-21H,1H3,(H,33,38)(H,34,37)/b19-14+,28-21-. The first-order valence-corrected chi connectivity index (χ1v) is 12.4. The number of benzene rings is 4. The second-order valence-electron chi connectivity index (χ2n) is 8.70. The fourth-order valence-corrected chi connectivity index (χ4v) is 3.80. The van der Waals surface area contributed by atoms with Crippen molar-refractivity contribution in [3.8, 4) is 5.75 Å². The van der Waals surface area contributed by atoms with Crippen LogP contribution in [0.2, 0.25) is 0 Å². The predicted molar refractivity (Wildman–Crippen MR) is 156 cm³/mol. The molecule has 9 nitrogen and oxygen atoms in total. The number of allylic oxidation sites excluding steroid dienone is 1. The highest BCUT2D eigenvalue weighted by Gasteiger charge is 2.18. The number of ketones is 1. The molecule has 4 aromatic rings. The highest BCUT2D eigenvalue weighted by Crippen LogP contribution is 2.21. The molecule has 4 aromatic carbocycles. The molecule has 0 aliphatic heterocycles. The number of carbonyl (C=O) groups excluding carboxylic acids is 3. The first kappa shape index (κ1) is 28.2. The van der Waals surface area contributed by atoms with E-state index in [0.717, 1.165) is 5.56 Å². The van der Waals surface area contributed by atoms with E-state index >= 15 is 0 Å². The molecule has 0 unspecified atom stereocenters. The molecule has 0 saturated carbocycles. The van der Waals surface area contributed by atoms with Gasteiger partial charge in [0.15, 0.2) is 5.78 Å². The molecule has 0 aliphatic rings. The normalized spacial score (nSPS) is 11.1. The van der Waals surface area contributed by atoms with E-state index in [1.807, 2.05) is 12.1 Å². The average Bonchev–Trinajstić information content (AvgIpc) is 3.00. The number of nitrogens with one attached hydrogen (secondary N) is 2. The van der Waals surface area contributed by atoms with Crippen molar-refractivity contribution in [3.63, 3.8) is 0 Å². The van der Waals surface area contributed by atoms with Crippen molar-refractivity contribution in [2.75, 3.05) is 12.4 Å². The Balaban J connectivity index is 1.53. The third-order valence-electron chi connectivity index (χ3n) is 5.91. The van der Waals surface area contributed by atoms with E-state index in [-0.39, 0.29) is 22.7 Å². The maximum Gasteiger partial charge on any atom is 0.276 e. The zero-order valence-corrected chi connectivity index (χ0v) is 21.9. The molecule has 0 saturated heterocycles. The minimum atomic E-state index is -0.704. The summed E-state index contributed by atoms with van der Waals surface area (Å²) < 4.78 is 5.19. The third-order valence-corrected chi connectivity index (χ3v) is 5.91. The Bertz CT molecular complexity index is 1640. The van der Waals surface area contributed by atoms with E-state index in [2.05, 4.69) is 10.6 Å². The lowest BCUT2D eigenvalue weighted by Gasteiger charge is -2.12. The quantitative estimate of drug-likeness (QED) is 0.110. The predicted octanol–water partition coefficient (Wildman–Crippen LogP) is 5.91. The monoisotopic (exact) mass is 547 g/mol. The van der Waals surface area contributed by atoms with Crippen molar-refractivity contribution in [3.05, 3.63) is 147 Å². The van der Waals surface area contributed by atoms with Crippen LogP contribution in [0.5, 0.6) is 5.75 Å². The van der Waals surface area contributed by atoms with Crippen LogP contribution in [0.15, 0.2) is 115 Å². The Morgan fingerprint density at radius 1 is 0.829 bits per heavy atom. The summed E-state index contributed by atoms with van der Waals surface area (Å²) in [4.78, 5) is 49.6. The molecule has 0 aromatic heterocycles. The van der Waals surface area contributed by atoms with Gasteiger partial charge in [0, 0.05) is 22.9 Å². The Kier molecular flexibility index (Phi) is 9.14. The summed E-state index contributed by atoms with van der Waals surface area (Å²) in [6, 6.07) is 27.6. The minimum Gasteiger partial charge on any atom is -0.497 e. The molecule has 2 N–H and O–H groups in total. The van der Waals surface area contributed by atoms with Crippen molar-refractivity contribution in [2.24, 2.45) is 0 Å². The number of hydrogen-bond acceptors (Lipinski definition) is 6. The van der Waals surface area contributed by atoms with Crippen LogP contribution < -0.4 is 15.4 Å². The van der Waals surface area contributed by atoms with Gasteiger partial charge in [-0.1, -0.05) is 48.5 Å². The third kappa shape index (κ3) is 7.61. The highest BCUT2D eigenvalue weighted by molar-refractivity contribution is 6.11. The molecule has 0 spiro atoms. The summed E-state index contributed by atoms with van der Waals surface area (Å²) in [6.07, 6.45) is 4.36. The molecule has 0 atom stereocenters. The molecular weight excluding hydrogens is 522 g/mol. The van der Waals surface area contributed by atoms with Crippen molar-refractivity contribution in [1.29, 1.82) is 0 Å². The topological polar surface area (TPSA) is 128 Å². The number of nitro groups is 1. The van der Waals surface area contributed by atoms with Crippen LogP contribution in [0.4, 0.5) is 11.4 Å². The lowest BCUT2D eigenvalue weighted by molar-refractivity contribution is -0.385. The molecule has 0 bridgehead atoms. The van der Waals surface area contributed by atoms with Gasteiger partial charge in [-0.2, -0.15) is 0 Å². The molecule has 204 valence electrons. The van der Waals surface area contributed by atoms with Gasteiger partial charge in [-0.15, -0.1) is 0 Å². The number of rotatable bonds is 10. The molecule has 0 radical (unpaired) electrons. The minimum absolute atomic E-state index is 0.139. The van der Waals surface area contributed by atoms with Crippen molar-refractivity contribution in [1.82, 2.24) is 5.32 Å². The van der Waals surface area contributed by atoms with Crippen LogP contribution in [-0.2, 0) is 4.79 Å². The Morgan fingerprint density at radius 2 is 1.54 bits per heavy atom. The highest BCUT2D eigenvalue weighted by atomic mass is 16.6. The number of carbonyl (C=O) groups is 3. The number of amides is 2. The summed E-state index contributed by atoms with van der Waals surface area (Å²) >= 11 is 0. The molecular formula is C32H25N3O6. The van der Waals surface area contributed by atoms with E-state index < -0.39 is 16.7 Å². The maximum atomic E-state index is 13.2. The molecule has 0 heterocycles. The van der Waals surface area contributed by atoms with E-state index in [1.54, 1.807) is 86.0 Å². The average molecular weight is 548 g/mol. The first-order valence-electron chi connectivity index (χ1n) is 12.4. The smallest absolute Gasteiger partial charge is 0.276 e. The van der Waals surface area contributed by atoms with E-state index in [0.29, 0.717) is 22.6 Å². The first-order chi connectivity index (χ1) is 19.8. The van der Waals surface area contributed by atoms with Gasteiger partial charge in [0.25, 0.3) is 17.5 Å². The Hall–Kier alpha value is -5.83. The number of para-hydroxylation sites is 1. The second-order valence-corrected chi connectivity index (χ2v) is 8.70. The molecule has 9 heteroatoms. The van der Waals surface area contributed by atoms with Crippen molar-refractivity contribution in [2.45, 2.75) is 0 Å². The molecule has 0 fully saturated rings. The Labute approximate surface area is 235 Å². The Morgan fingerprint density at radius 3 is 2.24 bits per heavy atom. The van der Waals surface area contributed by atoms with Gasteiger partial charge < -0.3 is 15.4 Å². The summed E-state index contributed by atoms with van der Waals surface area (Å²) in [5, 5.41) is 16.7. The van der Waals surface area contributed by atoms with Gasteiger partial charge in [0.1, 0.15) is 11.4 Å². The van der Waals surface area contributed by atoms with Crippen LogP contribution >= 0.6 is 0 Å². The number of ether oxygens (including phenoxy) is 1. The largest absolute Gasteiger partial charge is 0.497 e. The number of anilines is 1. The van der Waals surface area contributed by atoms with Gasteiger partial charge in [-0.3, -0.25) is 24.5 Å². The maximum absolute atomic E-state index is 13.2. The van der Waals surface area contributed by atoms with Gasteiger partial charge >= 0.3 is 0 Å². The molecule has 41 heavy (non-hydrogen) atoms. The van der Waals surface area contributed by atoms with Crippen LogP contribution in [0.3, 0.4) is 0 Å². The van der Waals surface area contributed by atoms with Crippen molar-refractivity contribution >= 4 is 41.1 Å². The fraction of sp³-hybridized carbons (Fsp3) is 0.0312. The SMILES string of the molecule is COc1cccc(/C=C/C(=O)c2ccc(NC(=O)/C(=C/c3ccccc3[N+](=O)[O-])NC(=O)c3ccccc3)cc2)c1. The zero-order chi connectivity index (χ0) is 29.2. The molecule has 0 aliphatic carbocycles. The second kappa shape index (κ2) is 13.3. The van der Waals surface area contributed by atoms with Gasteiger partial charge in [-0.25, -0.2) is 0 Å². The lowest BCUT2D eigenvalue weighted by Crippen LogP contribution is -2.30. The fourth-order valence-electron chi connectivity index (χ4n) is 3.80. The van der Waals surface area contributed by atoms with Crippen LogP contribution in [0, 0.1) is 10.1 Å². The van der Waals surface area contributed by atoms with E-state index in [4.69, 9.17) is 4.74 Å². The number of methoxy groups -OCH3 is 1. The zero-order valence-electron chi connectivity index (χ0n) is 21.9. The summed E-state index contributed by atoms with van der Waals surface area (Å²) in [7, 11) is 1.57. The molecule has 4 rings (SSSR count). The summed E-state index contributed by atoms with van der Waals surface area (Å²) in [5.74, 6) is -0.827. The number of nitro benzene ring substituents is 1. The van der Waals surface area contributed by atoms with Crippen LogP contribution in [0.1, 0.15) is 31.8 Å². The van der Waals surface area contributed by atoms with Gasteiger partial charge in [-0.05, 0) is 72.3 Å². The molecule has 2 amide bonds. The van der Waals surface area contributed by atoms with Crippen molar-refractivity contribution < 1.29 is 24.0 Å². The van der Waals surface area contributed by atoms with E-state index in [1.165, 1.54) is 30.4 Å². The van der Waals surface area contributed by atoms with Crippen LogP contribution in [0.25, 0.3) is 12.2 Å². The van der Waals surface area contributed by atoms with E-state index in [9.17, 15) is 24.5 Å². The van der Waals surface area contributed by atoms with Gasteiger partial charge in [0.05, 0.1) is 17.6 Å². The van der Waals surface area contributed by atoms with Gasteiger partial charge in [0.2, 0.25) is 0 Å². The number of nitrogens with zero attached hydrogens (tertiary/aromatic N) is 1. The summed E-state index contributed by atoms with van der Waals surface area (Å²) in [5.41, 5.74) is 1.57. The number of hydrogen-bond donors (Lipinski definition) is 2. The lowest BCUT2D eigenvalue weighted by atomic mass is 10.1.